The van der Waals surface area contributed by atoms with Crippen LogP contribution in [0.3, 0.4) is 0 Å². The smallest absolute Gasteiger partial charge is 0.275 e. The monoisotopic (exact) mass is 409 g/mol. The van der Waals surface area contributed by atoms with Crippen LogP contribution < -0.4 is 4.72 Å². The van der Waals surface area contributed by atoms with E-state index in [1.165, 1.54) is 23.1 Å². The number of hydrogen-bond donors (Lipinski definition) is 1. The maximum atomic E-state index is 12.6. The second-order valence-corrected chi connectivity index (χ2v) is 9.34. The van der Waals surface area contributed by atoms with E-state index in [1.807, 2.05) is 0 Å². The van der Waals surface area contributed by atoms with Gasteiger partial charge in [0.25, 0.3) is 5.91 Å². The molecule has 1 atom stereocenters. The lowest BCUT2D eigenvalue weighted by Crippen LogP contribution is -2.42. The van der Waals surface area contributed by atoms with Crippen molar-refractivity contribution in [2.45, 2.75) is 30.2 Å². The molecule has 1 unspecified atom stereocenters. The highest BCUT2D eigenvalue weighted by atomic mass is 35.5. The summed E-state index contributed by atoms with van der Waals surface area (Å²) in [6.45, 7) is 1.13. The van der Waals surface area contributed by atoms with Crippen molar-refractivity contribution in [2.75, 3.05) is 13.1 Å². The van der Waals surface area contributed by atoms with Crippen molar-refractivity contribution in [3.8, 4) is 0 Å². The predicted molar refractivity (Wildman–Crippen MR) is 98.8 cm³/mol. The predicted octanol–water partition coefficient (Wildman–Crippen LogP) is 1.44. The van der Waals surface area contributed by atoms with Crippen LogP contribution in [0.15, 0.2) is 35.6 Å². The highest BCUT2D eigenvalue weighted by molar-refractivity contribution is 7.89. The average Bonchev–Trinajstić information content (AvgIpc) is 3.16. The number of hydrogen-bond acceptors (Lipinski definition) is 5. The molecule has 1 N–H and O–H groups in total. The number of amides is 1. The zero-order valence-electron chi connectivity index (χ0n) is 14.8. The lowest BCUT2D eigenvalue weighted by atomic mass is 9.92. The van der Waals surface area contributed by atoms with Crippen molar-refractivity contribution < 1.29 is 13.2 Å². The Kier molecular flexibility index (Phi) is 4.48. The summed E-state index contributed by atoms with van der Waals surface area (Å²) in [4.78, 5) is 18.4. The van der Waals surface area contributed by atoms with E-state index in [-0.39, 0.29) is 28.0 Å². The van der Waals surface area contributed by atoms with Crippen LogP contribution in [0.4, 0.5) is 0 Å². The molecule has 2 fully saturated rings. The van der Waals surface area contributed by atoms with Gasteiger partial charge in [-0.25, -0.2) is 13.1 Å². The summed E-state index contributed by atoms with van der Waals surface area (Å²) in [5, 5.41) is 4.47. The Balaban J connectivity index is 1.38. The number of carbonyl (C=O) groups excluding carboxylic acids is 1. The molecule has 1 amide bonds. The SMILES string of the molecule is Cn1cc(Cl)c(C(=O)N2CCC3(CC2)CC3NS(=O)(=O)c2cccnc2)n1. The van der Waals surface area contributed by atoms with Crippen LogP contribution in [-0.4, -0.2) is 53.1 Å². The molecule has 1 spiro atoms. The number of nitrogens with one attached hydrogen (secondary N) is 1. The third kappa shape index (κ3) is 3.46. The van der Waals surface area contributed by atoms with E-state index in [9.17, 15) is 13.2 Å². The third-order valence-electron chi connectivity index (χ3n) is 5.46. The van der Waals surface area contributed by atoms with Crippen molar-refractivity contribution in [1.82, 2.24) is 24.4 Å². The van der Waals surface area contributed by atoms with Crippen LogP contribution in [0, 0.1) is 5.41 Å². The number of aromatic nitrogens is 3. The van der Waals surface area contributed by atoms with Gasteiger partial charge >= 0.3 is 0 Å². The molecule has 144 valence electrons. The Morgan fingerprint density at radius 3 is 2.70 bits per heavy atom. The zero-order valence-corrected chi connectivity index (χ0v) is 16.4. The fourth-order valence-electron chi connectivity index (χ4n) is 3.74. The van der Waals surface area contributed by atoms with Gasteiger partial charge in [0.05, 0.1) is 5.02 Å². The summed E-state index contributed by atoms with van der Waals surface area (Å²) in [5.41, 5.74) is 0.194. The maximum absolute atomic E-state index is 12.6. The van der Waals surface area contributed by atoms with E-state index in [4.69, 9.17) is 11.6 Å². The van der Waals surface area contributed by atoms with E-state index in [1.54, 1.807) is 24.2 Å². The van der Waals surface area contributed by atoms with Gasteiger partial charge in [0.15, 0.2) is 5.69 Å². The first-order valence-corrected chi connectivity index (χ1v) is 10.6. The Hall–Kier alpha value is -1.97. The largest absolute Gasteiger partial charge is 0.337 e. The topological polar surface area (TPSA) is 97.2 Å². The van der Waals surface area contributed by atoms with Crippen molar-refractivity contribution in [1.29, 1.82) is 0 Å². The van der Waals surface area contributed by atoms with Crippen LogP contribution in [0.25, 0.3) is 0 Å². The van der Waals surface area contributed by atoms with Crippen molar-refractivity contribution >= 4 is 27.5 Å². The molecule has 3 heterocycles. The molecule has 2 aromatic rings. The van der Waals surface area contributed by atoms with E-state index in [2.05, 4.69) is 14.8 Å². The van der Waals surface area contributed by atoms with Gasteiger partial charge in [0.1, 0.15) is 4.90 Å². The molecular weight excluding hydrogens is 390 g/mol. The Bertz CT molecular complexity index is 968. The normalized spacial score (nSPS) is 21.4. The van der Waals surface area contributed by atoms with Crippen LogP contribution in [0.1, 0.15) is 29.8 Å². The molecule has 0 radical (unpaired) electrons. The first-order valence-electron chi connectivity index (χ1n) is 8.72. The van der Waals surface area contributed by atoms with Crippen LogP contribution >= 0.6 is 11.6 Å². The van der Waals surface area contributed by atoms with Gasteiger partial charge in [-0.1, -0.05) is 11.6 Å². The van der Waals surface area contributed by atoms with Crippen molar-refractivity contribution in [2.24, 2.45) is 12.5 Å². The molecule has 1 aliphatic carbocycles. The van der Waals surface area contributed by atoms with Gasteiger partial charge in [-0.15, -0.1) is 0 Å². The molecule has 0 aromatic carbocycles. The number of pyridine rings is 1. The molecule has 10 heteroatoms. The Morgan fingerprint density at radius 1 is 1.37 bits per heavy atom. The van der Waals surface area contributed by atoms with Gasteiger partial charge in [0, 0.05) is 44.8 Å². The highest BCUT2D eigenvalue weighted by Gasteiger charge is 2.56. The average molecular weight is 410 g/mol. The summed E-state index contributed by atoms with van der Waals surface area (Å²) in [5.74, 6) is -0.177. The first kappa shape index (κ1) is 18.4. The van der Waals surface area contributed by atoms with Crippen LogP contribution in [0.5, 0.6) is 0 Å². The fraction of sp³-hybridized carbons (Fsp3) is 0.471. The number of carbonyl (C=O) groups is 1. The van der Waals surface area contributed by atoms with Crippen LogP contribution in [0.2, 0.25) is 5.02 Å². The van der Waals surface area contributed by atoms with E-state index in [0.29, 0.717) is 18.1 Å². The second-order valence-electron chi connectivity index (χ2n) is 7.22. The van der Waals surface area contributed by atoms with Crippen molar-refractivity contribution in [3.05, 3.63) is 41.4 Å². The third-order valence-corrected chi connectivity index (χ3v) is 7.20. The summed E-state index contributed by atoms with van der Waals surface area (Å²) in [7, 11) is -1.85. The fourth-order valence-corrected chi connectivity index (χ4v) is 5.30. The maximum Gasteiger partial charge on any atom is 0.275 e. The molecule has 27 heavy (non-hydrogen) atoms. The molecular formula is C17H20ClN5O3S. The molecule has 1 saturated heterocycles. The lowest BCUT2D eigenvalue weighted by Gasteiger charge is -2.32. The number of sulfonamides is 1. The number of nitrogens with zero attached hydrogens (tertiary/aromatic N) is 4. The lowest BCUT2D eigenvalue weighted by molar-refractivity contribution is 0.0667. The summed E-state index contributed by atoms with van der Waals surface area (Å²) in [6, 6.07) is 3.03. The number of rotatable bonds is 4. The Labute approximate surface area is 162 Å². The molecule has 1 saturated carbocycles. The number of piperidine rings is 1. The first-order chi connectivity index (χ1) is 12.8. The number of aryl methyl sites for hydroxylation is 1. The summed E-state index contributed by atoms with van der Waals surface area (Å²) in [6.07, 6.45) is 6.78. The van der Waals surface area contributed by atoms with E-state index in [0.717, 1.165) is 19.3 Å². The summed E-state index contributed by atoms with van der Waals surface area (Å²) < 4.78 is 29.2. The minimum absolute atomic E-state index is 0.0695. The number of likely N-dealkylation sites (tertiary alicyclic amines) is 1. The van der Waals surface area contributed by atoms with Gasteiger partial charge in [-0.05, 0) is 36.8 Å². The molecule has 8 nitrogen and oxygen atoms in total. The minimum Gasteiger partial charge on any atom is -0.337 e. The molecule has 2 aliphatic rings. The zero-order chi connectivity index (χ0) is 19.2. The van der Waals surface area contributed by atoms with Gasteiger partial charge in [-0.3, -0.25) is 14.5 Å². The van der Waals surface area contributed by atoms with E-state index < -0.39 is 10.0 Å². The Morgan fingerprint density at radius 2 is 2.11 bits per heavy atom. The molecule has 0 bridgehead atoms. The quantitative estimate of drug-likeness (QED) is 0.824. The van der Waals surface area contributed by atoms with Crippen molar-refractivity contribution in [3.63, 3.8) is 0 Å². The molecule has 1 aliphatic heterocycles. The standard InChI is InChI=1S/C17H20ClN5O3S/c1-22-11-13(18)15(20-22)16(24)23-7-4-17(5-8-23)9-14(17)21-27(25,26)12-3-2-6-19-10-12/h2-3,6,10-11,14,21H,4-5,7-9H2,1H3. The highest BCUT2D eigenvalue weighted by Crippen LogP contribution is 2.54. The van der Waals surface area contributed by atoms with Gasteiger partial charge in [-0.2, -0.15) is 5.10 Å². The summed E-state index contributed by atoms with van der Waals surface area (Å²) >= 11 is 6.07. The van der Waals surface area contributed by atoms with Gasteiger partial charge in [0.2, 0.25) is 10.0 Å². The minimum atomic E-state index is -3.57. The molecule has 2 aromatic heterocycles. The van der Waals surface area contributed by atoms with E-state index >= 15 is 0 Å². The molecule has 4 rings (SSSR count). The van der Waals surface area contributed by atoms with Gasteiger partial charge < -0.3 is 4.90 Å². The second kappa shape index (κ2) is 6.57. The van der Waals surface area contributed by atoms with Crippen LogP contribution in [-0.2, 0) is 17.1 Å². The number of halogens is 1.